The van der Waals surface area contributed by atoms with Crippen molar-refractivity contribution in [2.45, 2.75) is 26.4 Å². The molecule has 2 aromatic carbocycles. The Kier molecular flexibility index (Phi) is 4.89. The normalized spacial score (nSPS) is 10.8. The zero-order valence-corrected chi connectivity index (χ0v) is 14.2. The van der Waals surface area contributed by atoms with Crippen molar-refractivity contribution in [3.8, 4) is 16.9 Å². The van der Waals surface area contributed by atoms with Crippen LogP contribution in [0.5, 0.6) is 5.75 Å². The summed E-state index contributed by atoms with van der Waals surface area (Å²) >= 11 is 0. The highest BCUT2D eigenvalue weighted by atomic mass is 16.5. The first-order chi connectivity index (χ1) is 12.0. The summed E-state index contributed by atoms with van der Waals surface area (Å²) in [7, 11) is 0. The largest absolute Gasteiger partial charge is 0.489 e. The summed E-state index contributed by atoms with van der Waals surface area (Å²) in [5, 5.41) is 9.09. The Balaban J connectivity index is 1.73. The van der Waals surface area contributed by atoms with Crippen LogP contribution in [0.1, 0.15) is 41.6 Å². The van der Waals surface area contributed by atoms with Gasteiger partial charge in [0.2, 0.25) is 5.76 Å². The Morgan fingerprint density at radius 2 is 1.68 bits per heavy atom. The lowest BCUT2D eigenvalue weighted by Crippen LogP contribution is -1.98. The molecule has 1 aromatic heterocycles. The summed E-state index contributed by atoms with van der Waals surface area (Å²) in [6, 6.07) is 19.5. The van der Waals surface area contributed by atoms with E-state index in [4.69, 9.17) is 14.3 Å². The first-order valence-corrected chi connectivity index (χ1v) is 8.19. The molecule has 0 atom stereocenters. The first-order valence-electron chi connectivity index (χ1n) is 8.19. The lowest BCUT2D eigenvalue weighted by molar-refractivity contribution is 0.0660. The smallest absolute Gasteiger partial charge is 0.371 e. The molecule has 0 aliphatic carbocycles. The highest BCUT2D eigenvalue weighted by Gasteiger charge is 2.18. The van der Waals surface area contributed by atoms with Gasteiger partial charge in [0.25, 0.3) is 0 Å². The molecule has 4 nitrogen and oxygen atoms in total. The van der Waals surface area contributed by atoms with Crippen molar-refractivity contribution < 1.29 is 19.1 Å². The fourth-order valence-corrected chi connectivity index (χ4v) is 2.68. The second-order valence-corrected chi connectivity index (χ2v) is 6.14. The van der Waals surface area contributed by atoms with Crippen molar-refractivity contribution in [3.63, 3.8) is 0 Å². The average molecular weight is 336 g/mol. The van der Waals surface area contributed by atoms with E-state index >= 15 is 0 Å². The van der Waals surface area contributed by atoms with Gasteiger partial charge in [-0.3, -0.25) is 0 Å². The van der Waals surface area contributed by atoms with Gasteiger partial charge in [0.05, 0.1) is 0 Å². The van der Waals surface area contributed by atoms with Gasteiger partial charge in [0, 0.05) is 11.5 Å². The number of carboxylic acid groups (broad SMARTS) is 1. The molecule has 0 saturated carbocycles. The fraction of sp³-hybridized carbons (Fsp3) is 0.190. The van der Waals surface area contributed by atoms with Gasteiger partial charge in [-0.1, -0.05) is 56.3 Å². The molecule has 0 aliphatic heterocycles. The molecule has 0 aliphatic rings. The monoisotopic (exact) mass is 336 g/mol. The number of hydrogen-bond acceptors (Lipinski definition) is 3. The summed E-state index contributed by atoms with van der Waals surface area (Å²) in [5.41, 5.74) is 3.03. The van der Waals surface area contributed by atoms with Crippen molar-refractivity contribution in [3.05, 3.63) is 77.7 Å². The van der Waals surface area contributed by atoms with Gasteiger partial charge in [-0.15, -0.1) is 0 Å². The van der Waals surface area contributed by atoms with Crippen LogP contribution in [0.25, 0.3) is 11.1 Å². The Morgan fingerprint density at radius 3 is 2.28 bits per heavy atom. The van der Waals surface area contributed by atoms with Crippen LogP contribution in [0.2, 0.25) is 0 Å². The van der Waals surface area contributed by atoms with E-state index in [-0.39, 0.29) is 18.3 Å². The van der Waals surface area contributed by atoms with Crippen LogP contribution in [0.4, 0.5) is 0 Å². The summed E-state index contributed by atoms with van der Waals surface area (Å²) in [4.78, 5) is 11.1. The van der Waals surface area contributed by atoms with Gasteiger partial charge < -0.3 is 14.3 Å². The number of aromatic carboxylic acids is 1. The van der Waals surface area contributed by atoms with Gasteiger partial charge in [0.15, 0.2) is 0 Å². The molecule has 0 spiro atoms. The predicted octanol–water partition coefficient (Wildman–Crippen LogP) is 5.35. The zero-order valence-electron chi connectivity index (χ0n) is 14.2. The van der Waals surface area contributed by atoms with E-state index in [1.54, 1.807) is 0 Å². The number of benzene rings is 2. The summed E-state index contributed by atoms with van der Waals surface area (Å²) in [6.07, 6.45) is 0. The molecular weight excluding hydrogens is 316 g/mol. The molecule has 1 heterocycles. The maximum absolute atomic E-state index is 11.1. The van der Waals surface area contributed by atoms with Crippen LogP contribution < -0.4 is 4.74 Å². The van der Waals surface area contributed by atoms with E-state index < -0.39 is 5.97 Å². The third-order valence-electron chi connectivity index (χ3n) is 3.93. The van der Waals surface area contributed by atoms with Crippen LogP contribution in [0, 0.1) is 0 Å². The first kappa shape index (κ1) is 16.8. The highest BCUT2D eigenvalue weighted by Crippen LogP contribution is 2.26. The molecular formula is C21H20O4. The Hall–Kier alpha value is -3.01. The molecule has 0 saturated heterocycles. The van der Waals surface area contributed by atoms with E-state index in [2.05, 4.69) is 12.1 Å². The molecule has 0 fully saturated rings. The Morgan fingerprint density at radius 1 is 1.04 bits per heavy atom. The van der Waals surface area contributed by atoms with Crippen LogP contribution in [0.3, 0.4) is 0 Å². The van der Waals surface area contributed by atoms with E-state index in [1.165, 1.54) is 6.07 Å². The number of carbonyl (C=O) groups is 1. The van der Waals surface area contributed by atoms with Crippen molar-refractivity contribution in [2.75, 3.05) is 0 Å². The second-order valence-electron chi connectivity index (χ2n) is 6.14. The fourth-order valence-electron chi connectivity index (χ4n) is 2.68. The number of ether oxygens (including phenoxy) is 1. The minimum atomic E-state index is -1.07. The number of rotatable bonds is 6. The summed E-state index contributed by atoms with van der Waals surface area (Å²) in [5.74, 6) is 0.347. The number of hydrogen-bond donors (Lipinski definition) is 1. The van der Waals surface area contributed by atoms with Gasteiger partial charge in [-0.25, -0.2) is 4.79 Å². The second kappa shape index (κ2) is 7.26. The van der Waals surface area contributed by atoms with Crippen LogP contribution >= 0.6 is 0 Å². The van der Waals surface area contributed by atoms with Crippen molar-refractivity contribution in [2.24, 2.45) is 0 Å². The quantitative estimate of drug-likeness (QED) is 0.659. The number of carboxylic acids is 1. The molecule has 0 bridgehead atoms. The maximum Gasteiger partial charge on any atom is 0.371 e. The molecule has 0 unspecified atom stereocenters. The van der Waals surface area contributed by atoms with Crippen LogP contribution in [-0.2, 0) is 6.61 Å². The highest BCUT2D eigenvalue weighted by molar-refractivity contribution is 5.84. The Labute approximate surface area is 146 Å². The minimum absolute atomic E-state index is 0.0540. The molecule has 1 N–H and O–H groups in total. The topological polar surface area (TPSA) is 59.7 Å². The molecule has 25 heavy (non-hydrogen) atoms. The van der Waals surface area contributed by atoms with Crippen molar-refractivity contribution in [1.82, 2.24) is 0 Å². The molecule has 128 valence electrons. The van der Waals surface area contributed by atoms with E-state index in [1.807, 2.05) is 56.3 Å². The molecule has 3 rings (SSSR count). The summed E-state index contributed by atoms with van der Waals surface area (Å²) < 4.78 is 11.2. The van der Waals surface area contributed by atoms with Gasteiger partial charge in [-0.05, 0) is 29.3 Å². The lowest BCUT2D eigenvalue weighted by atomic mass is 10.1. The van der Waals surface area contributed by atoms with Crippen molar-refractivity contribution >= 4 is 5.97 Å². The van der Waals surface area contributed by atoms with E-state index in [9.17, 15) is 4.79 Å². The molecule has 4 heteroatoms. The molecule has 0 amide bonds. The third-order valence-corrected chi connectivity index (χ3v) is 3.93. The number of furan rings is 1. The van der Waals surface area contributed by atoms with E-state index in [0.29, 0.717) is 5.76 Å². The van der Waals surface area contributed by atoms with Gasteiger partial charge >= 0.3 is 5.97 Å². The van der Waals surface area contributed by atoms with Crippen LogP contribution in [-0.4, -0.2) is 11.1 Å². The standard InChI is InChI=1S/C21H20O4/c1-14(2)20-17(12-19(25-20)21(22)23)13-24-18-10-8-16(9-11-18)15-6-4-3-5-7-15/h3-12,14H,13H2,1-2H3,(H,22,23). The third kappa shape index (κ3) is 3.91. The predicted molar refractivity (Wildman–Crippen MR) is 96.0 cm³/mol. The maximum atomic E-state index is 11.1. The van der Waals surface area contributed by atoms with Gasteiger partial charge in [0.1, 0.15) is 18.1 Å². The summed E-state index contributed by atoms with van der Waals surface area (Å²) in [6.45, 7) is 4.19. The van der Waals surface area contributed by atoms with Gasteiger partial charge in [-0.2, -0.15) is 0 Å². The molecule has 0 radical (unpaired) electrons. The molecule has 3 aromatic rings. The average Bonchev–Trinajstić information content (AvgIpc) is 3.06. The van der Waals surface area contributed by atoms with Crippen LogP contribution in [0.15, 0.2) is 65.1 Å². The minimum Gasteiger partial charge on any atom is -0.489 e. The lowest BCUT2D eigenvalue weighted by Gasteiger charge is -2.09. The zero-order chi connectivity index (χ0) is 17.8. The van der Waals surface area contributed by atoms with E-state index in [0.717, 1.165) is 22.4 Å². The Bertz CT molecular complexity index is 845. The SMILES string of the molecule is CC(C)c1oc(C(=O)O)cc1COc1ccc(-c2ccccc2)cc1. The van der Waals surface area contributed by atoms with Crippen molar-refractivity contribution in [1.29, 1.82) is 0 Å².